The van der Waals surface area contributed by atoms with Crippen LogP contribution in [0.5, 0.6) is 5.75 Å². The molecule has 0 fully saturated rings. The molecule has 1 unspecified atom stereocenters. The first-order chi connectivity index (χ1) is 10.8. The molecule has 22 heavy (non-hydrogen) atoms. The molecule has 0 aliphatic carbocycles. The third-order valence-corrected chi connectivity index (χ3v) is 3.64. The van der Waals surface area contributed by atoms with Crippen LogP contribution in [-0.4, -0.2) is 21.9 Å². The van der Waals surface area contributed by atoms with Crippen molar-refractivity contribution < 1.29 is 9.15 Å². The predicted molar refractivity (Wildman–Crippen MR) is 81.5 cm³/mol. The Hall–Kier alpha value is -3.02. The number of nitrogens with zero attached hydrogens (tertiary/aromatic N) is 3. The van der Waals surface area contributed by atoms with Crippen LogP contribution in [0.4, 0.5) is 5.95 Å². The van der Waals surface area contributed by atoms with E-state index >= 15 is 0 Å². The number of hydrogen-bond donors (Lipinski definition) is 1. The first kappa shape index (κ1) is 12.7. The zero-order valence-corrected chi connectivity index (χ0v) is 11.9. The summed E-state index contributed by atoms with van der Waals surface area (Å²) in [7, 11) is 1.66. The van der Waals surface area contributed by atoms with Gasteiger partial charge in [0.1, 0.15) is 23.9 Å². The lowest BCUT2D eigenvalue weighted by Crippen LogP contribution is -2.19. The fourth-order valence-electron chi connectivity index (χ4n) is 2.53. The van der Waals surface area contributed by atoms with Crippen molar-refractivity contribution in [3.63, 3.8) is 0 Å². The Morgan fingerprint density at radius 2 is 2.09 bits per heavy atom. The van der Waals surface area contributed by atoms with E-state index < -0.39 is 0 Å². The van der Waals surface area contributed by atoms with Crippen molar-refractivity contribution in [3.05, 3.63) is 66.4 Å². The smallest absolute Gasteiger partial charge is 0.226 e. The maximum atomic E-state index is 5.54. The maximum Gasteiger partial charge on any atom is 0.226 e. The molecule has 0 radical (unpaired) electrons. The summed E-state index contributed by atoms with van der Waals surface area (Å²) in [5.74, 6) is 2.33. The van der Waals surface area contributed by atoms with Gasteiger partial charge in [-0.15, -0.1) is 0 Å². The molecule has 6 heteroatoms. The normalized spacial score (nSPS) is 16.6. The molecule has 2 aromatic heterocycles. The Morgan fingerprint density at radius 3 is 2.82 bits per heavy atom. The van der Waals surface area contributed by atoms with Crippen LogP contribution in [0.15, 0.2) is 59.5 Å². The number of furan rings is 1. The van der Waals surface area contributed by atoms with Crippen LogP contribution in [0, 0.1) is 0 Å². The van der Waals surface area contributed by atoms with Gasteiger partial charge in [-0.2, -0.15) is 10.1 Å². The summed E-state index contributed by atoms with van der Waals surface area (Å²) in [6.45, 7) is 0. The minimum atomic E-state index is -0.120. The van der Waals surface area contributed by atoms with Gasteiger partial charge in [-0.05, 0) is 48.0 Å². The number of rotatable bonds is 3. The van der Waals surface area contributed by atoms with Crippen LogP contribution in [0.2, 0.25) is 0 Å². The molecule has 0 amide bonds. The van der Waals surface area contributed by atoms with E-state index in [1.54, 1.807) is 18.1 Å². The minimum Gasteiger partial charge on any atom is -0.497 e. The maximum absolute atomic E-state index is 5.54. The number of anilines is 1. The average Bonchev–Trinajstić information content (AvgIpc) is 3.25. The van der Waals surface area contributed by atoms with Gasteiger partial charge in [0.15, 0.2) is 0 Å². The van der Waals surface area contributed by atoms with E-state index in [1.165, 1.54) is 6.33 Å². The Balaban J connectivity index is 1.76. The van der Waals surface area contributed by atoms with Crippen LogP contribution in [0.3, 0.4) is 0 Å². The molecule has 110 valence electrons. The van der Waals surface area contributed by atoms with Gasteiger partial charge in [0, 0.05) is 5.70 Å². The van der Waals surface area contributed by atoms with Crippen LogP contribution in [0.25, 0.3) is 5.70 Å². The monoisotopic (exact) mass is 294 g/mol. The van der Waals surface area contributed by atoms with Gasteiger partial charge in [0.05, 0.1) is 13.4 Å². The minimum absolute atomic E-state index is 0.120. The summed E-state index contributed by atoms with van der Waals surface area (Å²) >= 11 is 0. The highest BCUT2D eigenvalue weighted by molar-refractivity contribution is 5.77. The zero-order valence-electron chi connectivity index (χ0n) is 11.9. The van der Waals surface area contributed by atoms with Crippen molar-refractivity contribution >= 4 is 11.6 Å². The lowest BCUT2D eigenvalue weighted by atomic mass is 10.1. The lowest BCUT2D eigenvalue weighted by Gasteiger charge is -2.22. The van der Waals surface area contributed by atoms with Gasteiger partial charge in [-0.3, -0.25) is 0 Å². The number of benzene rings is 1. The third kappa shape index (κ3) is 2.05. The van der Waals surface area contributed by atoms with Gasteiger partial charge >= 0.3 is 0 Å². The standard InChI is InChI=1S/C16H14N4O2/c1-21-12-6-4-11(5-7-12)13-9-14(15-3-2-8-22-15)20-16(19-13)17-10-18-20/h2-10,14H,1H3,(H,17,18,19). The predicted octanol–water partition coefficient (Wildman–Crippen LogP) is 2.94. The Kier molecular flexibility index (Phi) is 2.93. The molecule has 3 heterocycles. The Morgan fingerprint density at radius 1 is 1.23 bits per heavy atom. The van der Waals surface area contributed by atoms with Crippen molar-refractivity contribution in [2.75, 3.05) is 12.4 Å². The quantitative estimate of drug-likeness (QED) is 0.804. The van der Waals surface area contributed by atoms with Crippen LogP contribution < -0.4 is 10.1 Å². The number of allylic oxidation sites excluding steroid dienone is 1. The van der Waals surface area contributed by atoms with Crippen molar-refractivity contribution in [3.8, 4) is 5.75 Å². The summed E-state index contributed by atoms with van der Waals surface area (Å²) in [6, 6.07) is 11.5. The lowest BCUT2D eigenvalue weighted by molar-refractivity contribution is 0.415. The van der Waals surface area contributed by atoms with E-state index in [0.717, 1.165) is 22.8 Å². The second kappa shape index (κ2) is 5.07. The second-order valence-corrected chi connectivity index (χ2v) is 4.92. The molecule has 1 aromatic carbocycles. The highest BCUT2D eigenvalue weighted by atomic mass is 16.5. The Labute approximate surface area is 127 Å². The molecule has 1 aliphatic rings. The molecule has 0 saturated heterocycles. The molecule has 1 aliphatic heterocycles. The fraction of sp³-hybridized carbons (Fsp3) is 0.125. The Bertz CT molecular complexity index is 803. The summed E-state index contributed by atoms with van der Waals surface area (Å²) < 4.78 is 12.5. The molecular weight excluding hydrogens is 280 g/mol. The third-order valence-electron chi connectivity index (χ3n) is 3.64. The number of fused-ring (bicyclic) bond motifs is 1. The van der Waals surface area contributed by atoms with Crippen molar-refractivity contribution in [2.45, 2.75) is 6.04 Å². The highest BCUT2D eigenvalue weighted by Crippen LogP contribution is 2.32. The van der Waals surface area contributed by atoms with E-state index in [-0.39, 0.29) is 6.04 Å². The number of methoxy groups -OCH3 is 1. The number of ether oxygens (including phenoxy) is 1. The highest BCUT2D eigenvalue weighted by Gasteiger charge is 2.25. The average molecular weight is 294 g/mol. The molecular formula is C16H14N4O2. The van der Waals surface area contributed by atoms with Gasteiger partial charge < -0.3 is 14.5 Å². The summed E-state index contributed by atoms with van der Waals surface area (Å²) in [5.41, 5.74) is 2.01. The van der Waals surface area contributed by atoms with Crippen LogP contribution >= 0.6 is 0 Å². The zero-order chi connectivity index (χ0) is 14.9. The largest absolute Gasteiger partial charge is 0.497 e. The summed E-state index contributed by atoms with van der Waals surface area (Å²) in [4.78, 5) is 4.26. The summed E-state index contributed by atoms with van der Waals surface area (Å²) in [6.07, 6.45) is 5.26. The van der Waals surface area contributed by atoms with E-state index in [4.69, 9.17) is 9.15 Å². The van der Waals surface area contributed by atoms with E-state index in [0.29, 0.717) is 5.95 Å². The SMILES string of the molecule is COc1ccc(C2=CC(c3ccco3)n3ncnc3N2)cc1. The number of hydrogen-bond acceptors (Lipinski definition) is 5. The van der Waals surface area contributed by atoms with Crippen molar-refractivity contribution in [1.82, 2.24) is 14.8 Å². The molecule has 3 aromatic rings. The summed E-state index contributed by atoms with van der Waals surface area (Å²) in [5, 5.41) is 7.56. The molecule has 1 N–H and O–H groups in total. The van der Waals surface area contributed by atoms with Crippen molar-refractivity contribution in [1.29, 1.82) is 0 Å². The van der Waals surface area contributed by atoms with Crippen molar-refractivity contribution in [2.24, 2.45) is 0 Å². The van der Waals surface area contributed by atoms with E-state index in [2.05, 4.69) is 21.5 Å². The van der Waals surface area contributed by atoms with E-state index in [1.807, 2.05) is 36.4 Å². The van der Waals surface area contributed by atoms with Gasteiger partial charge in [0.25, 0.3) is 0 Å². The number of nitrogens with one attached hydrogen (secondary N) is 1. The first-order valence-corrected chi connectivity index (χ1v) is 6.91. The van der Waals surface area contributed by atoms with Crippen LogP contribution in [0.1, 0.15) is 17.4 Å². The molecule has 1 atom stereocenters. The topological polar surface area (TPSA) is 65.1 Å². The molecule has 0 bridgehead atoms. The van der Waals surface area contributed by atoms with Gasteiger partial charge in [-0.1, -0.05) is 0 Å². The molecule has 4 rings (SSSR count). The second-order valence-electron chi connectivity index (χ2n) is 4.92. The number of aromatic nitrogens is 3. The van der Waals surface area contributed by atoms with Crippen LogP contribution in [-0.2, 0) is 0 Å². The van der Waals surface area contributed by atoms with Gasteiger partial charge in [-0.25, -0.2) is 4.68 Å². The molecule has 6 nitrogen and oxygen atoms in total. The van der Waals surface area contributed by atoms with E-state index in [9.17, 15) is 0 Å². The van der Waals surface area contributed by atoms with Gasteiger partial charge in [0.2, 0.25) is 5.95 Å². The molecule has 0 saturated carbocycles. The fourth-order valence-corrected chi connectivity index (χ4v) is 2.53. The molecule has 0 spiro atoms. The first-order valence-electron chi connectivity index (χ1n) is 6.91.